The van der Waals surface area contributed by atoms with Crippen molar-refractivity contribution in [3.8, 4) is 0 Å². The van der Waals surface area contributed by atoms with Crippen LogP contribution in [0.4, 0.5) is 0 Å². The van der Waals surface area contributed by atoms with E-state index in [9.17, 15) is 5.11 Å². The van der Waals surface area contributed by atoms with Crippen LogP contribution < -0.4 is 0 Å². The molecule has 3 nitrogen and oxygen atoms in total. The first-order valence-electron chi connectivity index (χ1n) is 9.08. The topological polar surface area (TPSA) is 38.0 Å². The second-order valence-corrected chi connectivity index (χ2v) is 8.43. The van der Waals surface area contributed by atoms with Gasteiger partial charge in [0.25, 0.3) is 0 Å². The quantitative estimate of drug-likeness (QED) is 0.554. The lowest BCUT2D eigenvalue weighted by molar-refractivity contribution is 0.279. The van der Waals surface area contributed by atoms with Gasteiger partial charge >= 0.3 is 0 Å². The van der Waals surface area contributed by atoms with Gasteiger partial charge in [-0.2, -0.15) is 0 Å². The molecule has 2 heterocycles. The Balaban J connectivity index is 2.17. The van der Waals surface area contributed by atoms with Crippen LogP contribution in [0, 0.1) is 13.8 Å². The zero-order chi connectivity index (χ0) is 19.6. The lowest BCUT2D eigenvalue weighted by atomic mass is 10.0. The molecular weight excluding hydrogens is 376 g/mol. The summed E-state index contributed by atoms with van der Waals surface area (Å²) in [6.45, 7) is 9.29. The van der Waals surface area contributed by atoms with Gasteiger partial charge in [-0.15, -0.1) is 0 Å². The predicted octanol–water partition coefficient (Wildman–Crippen LogP) is 5.97. The van der Waals surface area contributed by atoms with Crippen LogP contribution in [0.5, 0.6) is 0 Å². The first-order valence-corrected chi connectivity index (χ1v) is 10.3. The third kappa shape index (κ3) is 4.08. The number of aliphatic hydroxyl groups is 1. The fraction of sp³-hybridized carbons (Fsp3) is 0.318. The summed E-state index contributed by atoms with van der Waals surface area (Å²) in [5.41, 5.74) is 5.66. The number of hydrogen-bond donors (Lipinski definition) is 1. The van der Waals surface area contributed by atoms with Crippen LogP contribution in [-0.4, -0.2) is 14.7 Å². The van der Waals surface area contributed by atoms with Gasteiger partial charge in [0, 0.05) is 35.1 Å². The SMILES string of the molecule is Cc1cccc(Cl)c1Sc1c(C(C)C)c(CO)c(C)n1Cc1ccncc1. The van der Waals surface area contributed by atoms with Crippen molar-refractivity contribution >= 4 is 23.4 Å². The number of hydrogen-bond acceptors (Lipinski definition) is 3. The van der Waals surface area contributed by atoms with Crippen LogP contribution in [0.2, 0.25) is 5.02 Å². The molecule has 1 N–H and O–H groups in total. The zero-order valence-corrected chi connectivity index (χ0v) is 17.7. The number of aromatic nitrogens is 2. The van der Waals surface area contributed by atoms with E-state index < -0.39 is 0 Å². The molecule has 0 saturated carbocycles. The molecule has 0 aliphatic heterocycles. The van der Waals surface area contributed by atoms with Gasteiger partial charge in [0.15, 0.2) is 0 Å². The van der Waals surface area contributed by atoms with Gasteiger partial charge in [-0.3, -0.25) is 4.98 Å². The number of nitrogens with zero attached hydrogens (tertiary/aromatic N) is 2. The standard InChI is InChI=1S/C22H25ClN2OS/c1-14(2)20-18(13-26)16(4)25(12-17-8-10-24-11-9-17)22(20)27-21-15(3)6-5-7-19(21)23/h5-11,14,26H,12-13H2,1-4H3. The van der Waals surface area contributed by atoms with E-state index >= 15 is 0 Å². The molecule has 0 saturated heterocycles. The molecule has 2 aromatic heterocycles. The van der Waals surface area contributed by atoms with Crippen molar-refractivity contribution in [2.75, 3.05) is 0 Å². The maximum absolute atomic E-state index is 10.1. The van der Waals surface area contributed by atoms with Gasteiger partial charge in [-0.1, -0.05) is 49.3 Å². The van der Waals surface area contributed by atoms with Crippen molar-refractivity contribution in [2.45, 2.75) is 56.7 Å². The number of aliphatic hydroxyl groups excluding tert-OH is 1. The minimum absolute atomic E-state index is 0.0394. The largest absolute Gasteiger partial charge is 0.392 e. The molecule has 3 rings (SSSR count). The molecule has 0 aliphatic rings. The number of aryl methyl sites for hydroxylation is 1. The third-order valence-corrected chi connectivity index (χ3v) is 6.64. The Labute approximate surface area is 170 Å². The summed E-state index contributed by atoms with van der Waals surface area (Å²) >= 11 is 8.21. The fourth-order valence-electron chi connectivity index (χ4n) is 3.39. The summed E-state index contributed by atoms with van der Waals surface area (Å²) < 4.78 is 2.30. The molecule has 0 amide bonds. The summed E-state index contributed by atoms with van der Waals surface area (Å²) in [5, 5.41) is 12.0. The Morgan fingerprint density at radius 1 is 1.15 bits per heavy atom. The zero-order valence-electron chi connectivity index (χ0n) is 16.2. The van der Waals surface area contributed by atoms with E-state index in [-0.39, 0.29) is 6.61 Å². The Morgan fingerprint density at radius 2 is 1.85 bits per heavy atom. The minimum atomic E-state index is 0.0394. The number of pyridine rings is 1. The summed E-state index contributed by atoms with van der Waals surface area (Å²) in [7, 11) is 0. The van der Waals surface area contributed by atoms with Crippen molar-refractivity contribution < 1.29 is 5.11 Å². The smallest absolute Gasteiger partial charge is 0.0841 e. The Bertz CT molecular complexity index is 915. The molecule has 0 aliphatic carbocycles. The molecule has 0 unspecified atom stereocenters. The molecule has 0 bridgehead atoms. The number of benzene rings is 1. The highest BCUT2D eigenvalue weighted by Gasteiger charge is 2.24. The summed E-state index contributed by atoms with van der Waals surface area (Å²) in [6, 6.07) is 10.1. The lowest BCUT2D eigenvalue weighted by Crippen LogP contribution is -2.04. The first-order chi connectivity index (χ1) is 12.9. The van der Waals surface area contributed by atoms with Crippen LogP contribution in [0.15, 0.2) is 52.6 Å². The minimum Gasteiger partial charge on any atom is -0.392 e. The van der Waals surface area contributed by atoms with Crippen molar-refractivity contribution in [3.05, 3.63) is 75.7 Å². The highest BCUT2D eigenvalue weighted by Crippen LogP contribution is 2.43. The van der Waals surface area contributed by atoms with Crippen LogP contribution in [0.1, 0.15) is 47.7 Å². The molecule has 142 valence electrons. The van der Waals surface area contributed by atoms with E-state index in [4.69, 9.17) is 11.6 Å². The maximum Gasteiger partial charge on any atom is 0.0841 e. The van der Waals surface area contributed by atoms with Gasteiger partial charge in [-0.25, -0.2) is 0 Å². The fourth-order valence-corrected chi connectivity index (χ4v) is 5.10. The van der Waals surface area contributed by atoms with Crippen molar-refractivity contribution in [3.63, 3.8) is 0 Å². The van der Waals surface area contributed by atoms with Crippen LogP contribution >= 0.6 is 23.4 Å². The van der Waals surface area contributed by atoms with E-state index in [1.165, 1.54) is 11.1 Å². The lowest BCUT2D eigenvalue weighted by Gasteiger charge is -2.16. The highest BCUT2D eigenvalue weighted by atomic mass is 35.5. The van der Waals surface area contributed by atoms with Crippen LogP contribution in [-0.2, 0) is 13.2 Å². The van der Waals surface area contributed by atoms with E-state index in [2.05, 4.69) is 43.3 Å². The Kier molecular flexibility index (Phi) is 6.30. The predicted molar refractivity (Wildman–Crippen MR) is 113 cm³/mol. The maximum atomic E-state index is 10.1. The van der Waals surface area contributed by atoms with Gasteiger partial charge < -0.3 is 9.67 Å². The Morgan fingerprint density at radius 3 is 2.44 bits per heavy atom. The van der Waals surface area contributed by atoms with E-state index in [0.29, 0.717) is 5.92 Å². The third-order valence-electron chi connectivity index (χ3n) is 4.83. The normalized spacial score (nSPS) is 11.4. The average molecular weight is 401 g/mol. The molecule has 0 radical (unpaired) electrons. The summed E-state index contributed by atoms with van der Waals surface area (Å²) in [4.78, 5) is 5.19. The van der Waals surface area contributed by atoms with Crippen molar-refractivity contribution in [1.29, 1.82) is 0 Å². The van der Waals surface area contributed by atoms with Gasteiger partial charge in [0.05, 0.1) is 16.7 Å². The number of rotatable bonds is 6. The van der Waals surface area contributed by atoms with Crippen LogP contribution in [0.25, 0.3) is 0 Å². The van der Waals surface area contributed by atoms with Gasteiger partial charge in [-0.05, 0) is 54.7 Å². The molecule has 0 atom stereocenters. The molecule has 5 heteroatoms. The molecular formula is C22H25ClN2OS. The summed E-state index contributed by atoms with van der Waals surface area (Å²) in [6.07, 6.45) is 3.63. The van der Waals surface area contributed by atoms with Gasteiger partial charge in [0.1, 0.15) is 0 Å². The molecule has 27 heavy (non-hydrogen) atoms. The average Bonchev–Trinajstić information content (AvgIpc) is 2.91. The van der Waals surface area contributed by atoms with E-state index in [0.717, 1.165) is 38.3 Å². The molecule has 0 fully saturated rings. The molecule has 1 aromatic carbocycles. The Hall–Kier alpha value is -1.75. The van der Waals surface area contributed by atoms with Gasteiger partial charge in [0.2, 0.25) is 0 Å². The van der Waals surface area contributed by atoms with Crippen LogP contribution in [0.3, 0.4) is 0 Å². The number of halogens is 1. The van der Waals surface area contributed by atoms with Crippen molar-refractivity contribution in [1.82, 2.24) is 9.55 Å². The monoisotopic (exact) mass is 400 g/mol. The second-order valence-electron chi connectivity index (χ2n) is 7.03. The molecule has 3 aromatic rings. The van der Waals surface area contributed by atoms with E-state index in [1.54, 1.807) is 11.8 Å². The van der Waals surface area contributed by atoms with Crippen molar-refractivity contribution in [2.24, 2.45) is 0 Å². The first kappa shape index (κ1) is 20.0. The highest BCUT2D eigenvalue weighted by molar-refractivity contribution is 7.99. The molecule has 0 spiro atoms. The summed E-state index contributed by atoms with van der Waals surface area (Å²) in [5.74, 6) is 0.301. The van der Waals surface area contributed by atoms with E-state index in [1.807, 2.05) is 36.7 Å². The second kappa shape index (κ2) is 8.51.